The monoisotopic (exact) mass is 384 g/mol. The van der Waals surface area contributed by atoms with Crippen LogP contribution in [0.25, 0.3) is 0 Å². The minimum Gasteiger partial charge on any atom is -0.360 e. The van der Waals surface area contributed by atoms with Gasteiger partial charge in [0.15, 0.2) is 5.82 Å². The summed E-state index contributed by atoms with van der Waals surface area (Å²) in [4.78, 5) is 18.9. The van der Waals surface area contributed by atoms with Gasteiger partial charge in [-0.05, 0) is 36.8 Å². The van der Waals surface area contributed by atoms with Gasteiger partial charge in [-0.3, -0.25) is 4.79 Å². The number of nitrogens with one attached hydrogen (secondary N) is 1. The van der Waals surface area contributed by atoms with Gasteiger partial charge in [0.2, 0.25) is 0 Å². The van der Waals surface area contributed by atoms with Gasteiger partial charge in [-0.2, -0.15) is 0 Å². The third-order valence-electron chi connectivity index (χ3n) is 4.41. The third-order valence-corrected chi connectivity index (χ3v) is 4.41. The van der Waals surface area contributed by atoms with Gasteiger partial charge in [-0.1, -0.05) is 53.7 Å². The highest BCUT2D eigenvalue weighted by atomic mass is 16.5. The van der Waals surface area contributed by atoms with Crippen molar-refractivity contribution in [2.75, 3.05) is 10.2 Å². The Kier molecular flexibility index (Phi) is 5.33. The summed E-state index contributed by atoms with van der Waals surface area (Å²) in [6, 6.07) is 25.6. The highest BCUT2D eigenvalue weighted by Gasteiger charge is 2.14. The normalized spacial score (nSPS) is 10.5. The summed E-state index contributed by atoms with van der Waals surface area (Å²) >= 11 is 0. The standard InChI is InChI=1S/C23H20N4O2/c1-17-14-22(26-29-17)25-23(28)21-13-12-20(15-24-21)27(19-10-6-3-7-11-19)16-18-8-4-2-5-9-18/h2-15H,16H2,1H3,(H,25,26,28). The van der Waals surface area contributed by atoms with E-state index < -0.39 is 0 Å². The van der Waals surface area contributed by atoms with Crippen molar-refractivity contribution >= 4 is 23.1 Å². The molecule has 4 aromatic rings. The number of carbonyl (C=O) groups is 1. The van der Waals surface area contributed by atoms with Gasteiger partial charge >= 0.3 is 0 Å². The van der Waals surface area contributed by atoms with E-state index in [1.807, 2.05) is 42.5 Å². The van der Waals surface area contributed by atoms with Crippen LogP contribution in [0.5, 0.6) is 0 Å². The lowest BCUT2D eigenvalue weighted by Crippen LogP contribution is -2.18. The summed E-state index contributed by atoms with van der Waals surface area (Å²) in [5, 5.41) is 6.45. The third kappa shape index (κ3) is 4.50. The van der Waals surface area contributed by atoms with Crippen molar-refractivity contribution < 1.29 is 9.32 Å². The Balaban J connectivity index is 1.57. The predicted octanol–water partition coefficient (Wildman–Crippen LogP) is 4.97. The summed E-state index contributed by atoms with van der Waals surface area (Å²) in [5.74, 6) is 0.663. The number of pyridine rings is 1. The van der Waals surface area contributed by atoms with Crippen LogP contribution in [0.15, 0.2) is 89.6 Å². The first-order chi connectivity index (χ1) is 14.2. The summed E-state index contributed by atoms with van der Waals surface area (Å²) in [5.41, 5.74) is 3.43. The van der Waals surface area contributed by atoms with Crippen molar-refractivity contribution in [3.63, 3.8) is 0 Å². The molecule has 0 saturated heterocycles. The molecule has 0 radical (unpaired) electrons. The Hall–Kier alpha value is -3.93. The molecule has 29 heavy (non-hydrogen) atoms. The minimum absolute atomic E-state index is 0.308. The Morgan fingerprint density at radius 3 is 2.31 bits per heavy atom. The van der Waals surface area contributed by atoms with E-state index in [1.165, 1.54) is 5.56 Å². The molecule has 4 rings (SSSR count). The lowest BCUT2D eigenvalue weighted by atomic mass is 10.1. The first kappa shape index (κ1) is 18.4. The maximum absolute atomic E-state index is 12.4. The van der Waals surface area contributed by atoms with E-state index in [-0.39, 0.29) is 5.91 Å². The molecule has 2 aromatic carbocycles. The van der Waals surface area contributed by atoms with Crippen molar-refractivity contribution in [3.05, 3.63) is 102 Å². The van der Waals surface area contributed by atoms with E-state index in [1.54, 1.807) is 25.3 Å². The van der Waals surface area contributed by atoms with E-state index in [0.717, 1.165) is 11.4 Å². The predicted molar refractivity (Wildman–Crippen MR) is 112 cm³/mol. The Morgan fingerprint density at radius 1 is 0.966 bits per heavy atom. The fourth-order valence-electron chi connectivity index (χ4n) is 2.99. The van der Waals surface area contributed by atoms with Crippen molar-refractivity contribution in [1.82, 2.24) is 10.1 Å². The topological polar surface area (TPSA) is 71.3 Å². The number of benzene rings is 2. The summed E-state index contributed by atoms with van der Waals surface area (Å²) < 4.78 is 4.97. The minimum atomic E-state index is -0.334. The molecule has 6 nitrogen and oxygen atoms in total. The fraction of sp³-hybridized carbons (Fsp3) is 0.0870. The van der Waals surface area contributed by atoms with Gasteiger partial charge in [-0.15, -0.1) is 0 Å². The number of para-hydroxylation sites is 1. The highest BCUT2D eigenvalue weighted by molar-refractivity contribution is 6.02. The quantitative estimate of drug-likeness (QED) is 0.508. The molecule has 0 bridgehead atoms. The maximum atomic E-state index is 12.4. The molecule has 1 amide bonds. The first-order valence-electron chi connectivity index (χ1n) is 9.26. The van der Waals surface area contributed by atoms with E-state index in [4.69, 9.17) is 4.52 Å². The van der Waals surface area contributed by atoms with E-state index in [2.05, 4.69) is 44.6 Å². The summed E-state index contributed by atoms with van der Waals surface area (Å²) in [6.07, 6.45) is 1.71. The molecule has 0 fully saturated rings. The number of aromatic nitrogens is 2. The number of nitrogens with zero attached hydrogens (tertiary/aromatic N) is 3. The molecule has 0 spiro atoms. The van der Waals surface area contributed by atoms with E-state index in [9.17, 15) is 4.79 Å². The number of hydrogen-bond acceptors (Lipinski definition) is 5. The fourth-order valence-corrected chi connectivity index (χ4v) is 2.99. The molecule has 0 saturated carbocycles. The molecule has 0 aliphatic carbocycles. The second-order valence-electron chi connectivity index (χ2n) is 6.59. The molecule has 0 unspecified atom stereocenters. The molecule has 0 aliphatic rings. The molecule has 144 valence electrons. The van der Waals surface area contributed by atoms with Crippen LogP contribution in [-0.2, 0) is 6.54 Å². The number of anilines is 3. The Morgan fingerprint density at radius 2 is 1.69 bits per heavy atom. The highest BCUT2D eigenvalue weighted by Crippen LogP contribution is 2.27. The summed E-state index contributed by atoms with van der Waals surface area (Å²) in [7, 11) is 0. The van der Waals surface area contributed by atoms with Gasteiger partial charge in [0, 0.05) is 18.3 Å². The van der Waals surface area contributed by atoms with Crippen LogP contribution in [-0.4, -0.2) is 16.0 Å². The van der Waals surface area contributed by atoms with Crippen LogP contribution in [0.2, 0.25) is 0 Å². The van der Waals surface area contributed by atoms with Crippen molar-refractivity contribution in [2.24, 2.45) is 0 Å². The zero-order valence-corrected chi connectivity index (χ0v) is 15.9. The smallest absolute Gasteiger partial charge is 0.275 e. The van der Waals surface area contributed by atoms with Crippen LogP contribution < -0.4 is 10.2 Å². The Labute approximate surface area is 168 Å². The van der Waals surface area contributed by atoms with Gasteiger partial charge in [-0.25, -0.2) is 4.98 Å². The van der Waals surface area contributed by atoms with E-state index >= 15 is 0 Å². The lowest BCUT2D eigenvalue weighted by molar-refractivity contribution is 0.102. The van der Waals surface area contributed by atoms with Crippen molar-refractivity contribution in [1.29, 1.82) is 0 Å². The second-order valence-corrected chi connectivity index (χ2v) is 6.59. The van der Waals surface area contributed by atoms with E-state index in [0.29, 0.717) is 23.8 Å². The van der Waals surface area contributed by atoms with Crippen LogP contribution >= 0.6 is 0 Å². The largest absolute Gasteiger partial charge is 0.360 e. The molecule has 0 aliphatic heterocycles. The van der Waals surface area contributed by atoms with Gasteiger partial charge in [0.25, 0.3) is 5.91 Å². The first-order valence-corrected chi connectivity index (χ1v) is 9.26. The average Bonchev–Trinajstić information content (AvgIpc) is 3.18. The SMILES string of the molecule is Cc1cc(NC(=O)c2ccc(N(Cc3ccccc3)c3ccccc3)cn2)no1. The lowest BCUT2D eigenvalue weighted by Gasteiger charge is -2.25. The van der Waals surface area contributed by atoms with Crippen molar-refractivity contribution in [2.45, 2.75) is 13.5 Å². The average molecular weight is 384 g/mol. The van der Waals surface area contributed by atoms with Crippen molar-refractivity contribution in [3.8, 4) is 0 Å². The second kappa shape index (κ2) is 8.39. The molecular formula is C23H20N4O2. The van der Waals surface area contributed by atoms with Gasteiger partial charge in [0.1, 0.15) is 11.5 Å². The van der Waals surface area contributed by atoms with Crippen LogP contribution in [0.1, 0.15) is 21.8 Å². The molecule has 0 atom stereocenters. The maximum Gasteiger partial charge on any atom is 0.275 e. The number of carbonyl (C=O) groups excluding carboxylic acids is 1. The molecule has 2 aromatic heterocycles. The molecule has 1 N–H and O–H groups in total. The van der Waals surface area contributed by atoms with Gasteiger partial charge < -0.3 is 14.7 Å². The van der Waals surface area contributed by atoms with Crippen LogP contribution in [0, 0.1) is 6.92 Å². The zero-order valence-electron chi connectivity index (χ0n) is 15.9. The number of aryl methyl sites for hydroxylation is 1. The molecular weight excluding hydrogens is 364 g/mol. The molecule has 6 heteroatoms. The Bertz CT molecular complexity index is 1080. The molecule has 2 heterocycles. The number of amides is 1. The van der Waals surface area contributed by atoms with Crippen LogP contribution in [0.4, 0.5) is 17.2 Å². The summed E-state index contributed by atoms with van der Waals surface area (Å²) in [6.45, 7) is 2.46. The number of rotatable bonds is 6. The van der Waals surface area contributed by atoms with Gasteiger partial charge in [0.05, 0.1) is 11.9 Å². The zero-order chi connectivity index (χ0) is 20.1. The number of hydrogen-bond donors (Lipinski definition) is 1. The van der Waals surface area contributed by atoms with Crippen LogP contribution in [0.3, 0.4) is 0 Å².